The Kier molecular flexibility index (Phi) is 4.77. The van der Waals surface area contributed by atoms with Crippen molar-refractivity contribution in [2.75, 3.05) is 13.1 Å². The van der Waals surface area contributed by atoms with Crippen LogP contribution in [0.3, 0.4) is 0 Å². The fourth-order valence-corrected chi connectivity index (χ4v) is 2.30. The fourth-order valence-electron chi connectivity index (χ4n) is 2.30. The Morgan fingerprint density at radius 2 is 2.25 bits per heavy atom. The second-order valence-electron chi connectivity index (χ2n) is 4.30. The van der Waals surface area contributed by atoms with Crippen LogP contribution in [0.2, 0.25) is 0 Å². The predicted octanol–water partition coefficient (Wildman–Crippen LogP) is 1.64. The highest BCUT2D eigenvalue weighted by Crippen LogP contribution is 2.22. The van der Waals surface area contributed by atoms with Gasteiger partial charge in [0.25, 0.3) is 0 Å². The molecule has 0 aliphatic carbocycles. The van der Waals surface area contributed by atoms with Gasteiger partial charge in [0, 0.05) is 24.7 Å². The van der Waals surface area contributed by atoms with E-state index in [1.807, 2.05) is 13.8 Å². The minimum absolute atomic E-state index is 0. The zero-order valence-corrected chi connectivity index (χ0v) is 10.7. The van der Waals surface area contributed by atoms with Gasteiger partial charge in [0.05, 0.1) is 5.69 Å². The van der Waals surface area contributed by atoms with Crippen molar-refractivity contribution in [3.8, 4) is 0 Å². The minimum Gasteiger partial charge on any atom is -0.361 e. The lowest BCUT2D eigenvalue weighted by molar-refractivity contribution is 0.248. The molecule has 1 aliphatic heterocycles. The molecule has 16 heavy (non-hydrogen) atoms. The predicted molar refractivity (Wildman–Crippen MR) is 65.7 cm³/mol. The molecule has 2 rings (SSSR count). The van der Waals surface area contributed by atoms with E-state index in [0.29, 0.717) is 6.04 Å². The zero-order chi connectivity index (χ0) is 10.8. The topological polar surface area (TPSA) is 55.3 Å². The number of nitrogens with zero attached hydrogens (tertiary/aromatic N) is 2. The Morgan fingerprint density at radius 1 is 1.50 bits per heavy atom. The lowest BCUT2D eigenvalue weighted by atomic mass is 10.1. The van der Waals surface area contributed by atoms with Gasteiger partial charge in [-0.3, -0.25) is 4.90 Å². The summed E-state index contributed by atoms with van der Waals surface area (Å²) in [6.07, 6.45) is 2.48. The number of aryl methyl sites for hydroxylation is 2. The number of halogens is 1. The van der Waals surface area contributed by atoms with Crippen LogP contribution in [0.4, 0.5) is 0 Å². The fraction of sp³-hybridized carbons (Fsp3) is 0.727. The monoisotopic (exact) mass is 245 g/mol. The Labute approximate surface area is 103 Å². The molecule has 1 atom stereocenters. The van der Waals surface area contributed by atoms with E-state index < -0.39 is 0 Å². The van der Waals surface area contributed by atoms with E-state index in [-0.39, 0.29) is 12.4 Å². The molecule has 0 aromatic carbocycles. The Balaban J connectivity index is 0.00000128. The van der Waals surface area contributed by atoms with E-state index in [2.05, 4.69) is 10.1 Å². The Morgan fingerprint density at radius 3 is 2.81 bits per heavy atom. The molecule has 1 aromatic heterocycles. The van der Waals surface area contributed by atoms with Gasteiger partial charge in [-0.15, -0.1) is 12.4 Å². The highest BCUT2D eigenvalue weighted by Gasteiger charge is 2.24. The van der Waals surface area contributed by atoms with E-state index in [9.17, 15) is 0 Å². The largest absolute Gasteiger partial charge is 0.361 e. The molecule has 1 aromatic rings. The van der Waals surface area contributed by atoms with Crippen LogP contribution in [0.1, 0.15) is 29.9 Å². The number of rotatable bonds is 3. The maximum Gasteiger partial charge on any atom is 0.138 e. The molecular weight excluding hydrogens is 226 g/mol. The van der Waals surface area contributed by atoms with Gasteiger partial charge in [-0.1, -0.05) is 5.16 Å². The molecule has 4 nitrogen and oxygen atoms in total. The molecular formula is C11H20ClN3O. The zero-order valence-electron chi connectivity index (χ0n) is 9.90. The molecule has 0 amide bonds. The summed E-state index contributed by atoms with van der Waals surface area (Å²) in [6, 6.07) is 0.540. The van der Waals surface area contributed by atoms with Gasteiger partial charge < -0.3 is 10.3 Å². The molecule has 1 aliphatic rings. The first-order chi connectivity index (χ1) is 7.22. The lowest BCUT2D eigenvalue weighted by Crippen LogP contribution is -2.35. The molecule has 2 heterocycles. The van der Waals surface area contributed by atoms with Crippen LogP contribution in [-0.4, -0.2) is 29.2 Å². The summed E-state index contributed by atoms with van der Waals surface area (Å²) < 4.78 is 5.17. The molecule has 92 valence electrons. The number of aromatic nitrogens is 1. The third-order valence-electron chi connectivity index (χ3n) is 3.31. The smallest absolute Gasteiger partial charge is 0.138 e. The maximum absolute atomic E-state index is 5.75. The molecule has 0 bridgehead atoms. The van der Waals surface area contributed by atoms with E-state index in [1.165, 1.54) is 18.4 Å². The van der Waals surface area contributed by atoms with Crippen LogP contribution >= 0.6 is 12.4 Å². The Hall–Kier alpha value is -0.580. The highest BCUT2D eigenvalue weighted by molar-refractivity contribution is 5.85. The highest BCUT2D eigenvalue weighted by atomic mass is 35.5. The number of hydrogen-bond donors (Lipinski definition) is 1. The van der Waals surface area contributed by atoms with Crippen LogP contribution in [0.15, 0.2) is 4.52 Å². The van der Waals surface area contributed by atoms with Crippen LogP contribution in [0.25, 0.3) is 0 Å². The molecule has 0 saturated carbocycles. The van der Waals surface area contributed by atoms with Crippen molar-refractivity contribution in [1.29, 1.82) is 0 Å². The average Bonchev–Trinajstić information content (AvgIpc) is 2.79. The second-order valence-corrected chi connectivity index (χ2v) is 4.30. The summed E-state index contributed by atoms with van der Waals surface area (Å²) in [6.45, 7) is 6.81. The van der Waals surface area contributed by atoms with E-state index in [0.717, 1.165) is 31.1 Å². The van der Waals surface area contributed by atoms with E-state index >= 15 is 0 Å². The first kappa shape index (κ1) is 13.5. The van der Waals surface area contributed by atoms with Crippen molar-refractivity contribution in [3.63, 3.8) is 0 Å². The van der Waals surface area contributed by atoms with Crippen molar-refractivity contribution < 1.29 is 4.52 Å². The quantitative estimate of drug-likeness (QED) is 0.880. The Bertz CT molecular complexity index is 320. The molecule has 1 fully saturated rings. The van der Waals surface area contributed by atoms with Crippen molar-refractivity contribution in [3.05, 3.63) is 17.0 Å². The first-order valence-electron chi connectivity index (χ1n) is 5.58. The summed E-state index contributed by atoms with van der Waals surface area (Å²) in [7, 11) is 0. The number of hydrogen-bond acceptors (Lipinski definition) is 4. The lowest BCUT2D eigenvalue weighted by Gasteiger charge is -2.22. The third-order valence-corrected chi connectivity index (χ3v) is 3.31. The van der Waals surface area contributed by atoms with E-state index in [1.54, 1.807) is 0 Å². The van der Waals surface area contributed by atoms with E-state index in [4.69, 9.17) is 10.3 Å². The van der Waals surface area contributed by atoms with Crippen molar-refractivity contribution >= 4 is 12.4 Å². The maximum atomic E-state index is 5.75. The summed E-state index contributed by atoms with van der Waals surface area (Å²) in [4.78, 5) is 2.44. The van der Waals surface area contributed by atoms with Gasteiger partial charge in [-0.05, 0) is 33.2 Å². The molecule has 1 saturated heterocycles. The molecule has 5 heteroatoms. The van der Waals surface area contributed by atoms with Gasteiger partial charge in [-0.25, -0.2) is 0 Å². The van der Waals surface area contributed by atoms with Gasteiger partial charge >= 0.3 is 0 Å². The van der Waals surface area contributed by atoms with Gasteiger partial charge in [0.2, 0.25) is 0 Å². The summed E-state index contributed by atoms with van der Waals surface area (Å²) >= 11 is 0. The van der Waals surface area contributed by atoms with Crippen molar-refractivity contribution in [2.45, 2.75) is 39.3 Å². The summed E-state index contributed by atoms with van der Waals surface area (Å²) in [5.74, 6) is 0.940. The molecule has 1 unspecified atom stereocenters. The molecule has 0 radical (unpaired) electrons. The second kappa shape index (κ2) is 5.66. The molecule has 2 N–H and O–H groups in total. The number of likely N-dealkylation sites (tertiary alicyclic amines) is 1. The minimum atomic E-state index is 0. The van der Waals surface area contributed by atoms with Crippen molar-refractivity contribution in [1.82, 2.24) is 10.1 Å². The van der Waals surface area contributed by atoms with Crippen molar-refractivity contribution in [2.24, 2.45) is 5.73 Å². The van der Waals surface area contributed by atoms with Gasteiger partial charge in [0.15, 0.2) is 0 Å². The van der Waals surface area contributed by atoms with Gasteiger partial charge in [-0.2, -0.15) is 0 Å². The number of nitrogens with two attached hydrogens (primary N) is 1. The summed E-state index contributed by atoms with van der Waals surface area (Å²) in [5.41, 5.74) is 7.99. The van der Waals surface area contributed by atoms with Crippen LogP contribution in [-0.2, 0) is 6.54 Å². The standard InChI is InChI=1S/C11H19N3O.ClH/c1-8-11(9(2)15-13-8)7-14-5-3-4-10(14)6-12;/h10H,3-7,12H2,1-2H3;1H. The van der Waals surface area contributed by atoms with Gasteiger partial charge in [0.1, 0.15) is 5.76 Å². The normalized spacial score (nSPS) is 21.1. The third kappa shape index (κ3) is 2.56. The first-order valence-corrected chi connectivity index (χ1v) is 5.58. The average molecular weight is 246 g/mol. The van der Waals surface area contributed by atoms with Crippen LogP contribution < -0.4 is 5.73 Å². The SMILES string of the molecule is Cc1noc(C)c1CN1CCCC1CN.Cl. The molecule has 0 spiro atoms. The van der Waals surface area contributed by atoms with Crippen LogP contribution in [0.5, 0.6) is 0 Å². The van der Waals surface area contributed by atoms with Crippen LogP contribution in [0, 0.1) is 13.8 Å². The summed E-state index contributed by atoms with van der Waals surface area (Å²) in [5, 5.41) is 3.98.